The molecule has 4 rings (SSSR count). The van der Waals surface area contributed by atoms with Crippen molar-refractivity contribution in [3.63, 3.8) is 0 Å². The first kappa shape index (κ1) is 24.4. The lowest BCUT2D eigenvalue weighted by Gasteiger charge is -2.33. The SMILES string of the molecule is CCCCCCc1ccc2c(c1)Sc1cc(CCCCCC)ccc1N2c1ccc(Br)cc1. The van der Waals surface area contributed by atoms with E-state index in [1.807, 2.05) is 11.8 Å². The summed E-state index contributed by atoms with van der Waals surface area (Å²) >= 11 is 5.55. The molecule has 174 valence electrons. The van der Waals surface area contributed by atoms with Crippen LogP contribution in [0.2, 0.25) is 0 Å². The monoisotopic (exact) mass is 521 g/mol. The largest absolute Gasteiger partial charge is 0.308 e. The average molecular weight is 523 g/mol. The number of unbranched alkanes of at least 4 members (excludes halogenated alkanes) is 6. The van der Waals surface area contributed by atoms with Crippen molar-refractivity contribution < 1.29 is 0 Å². The molecule has 3 heteroatoms. The molecule has 0 aromatic heterocycles. The van der Waals surface area contributed by atoms with Gasteiger partial charge in [-0.05, 0) is 85.3 Å². The second kappa shape index (κ2) is 12.1. The minimum atomic E-state index is 1.11. The second-order valence-corrected chi connectivity index (χ2v) is 11.1. The number of benzene rings is 3. The Kier molecular flexibility index (Phi) is 8.97. The van der Waals surface area contributed by atoms with E-state index < -0.39 is 0 Å². The third-order valence-electron chi connectivity index (χ3n) is 6.47. The summed E-state index contributed by atoms with van der Waals surface area (Å²) in [4.78, 5) is 5.19. The molecule has 0 radical (unpaired) electrons. The van der Waals surface area contributed by atoms with Crippen molar-refractivity contribution in [2.45, 2.75) is 87.8 Å². The molecule has 1 nitrogen and oxygen atoms in total. The molecular weight excluding hydrogens is 486 g/mol. The van der Waals surface area contributed by atoms with Crippen LogP contribution >= 0.6 is 27.7 Å². The van der Waals surface area contributed by atoms with Crippen LogP contribution in [0.5, 0.6) is 0 Å². The summed E-state index contributed by atoms with van der Waals surface area (Å²) in [6.07, 6.45) is 12.8. The summed E-state index contributed by atoms with van der Waals surface area (Å²) in [5.74, 6) is 0. The zero-order valence-corrected chi connectivity index (χ0v) is 22.5. The lowest BCUT2D eigenvalue weighted by molar-refractivity contribution is 0.666. The lowest BCUT2D eigenvalue weighted by Crippen LogP contribution is -2.15. The van der Waals surface area contributed by atoms with Gasteiger partial charge in [0.05, 0.1) is 11.4 Å². The molecule has 0 saturated heterocycles. The second-order valence-electron chi connectivity index (χ2n) is 9.14. The standard InChI is InChI=1S/C30H36BrNS/c1-3-5-7-9-11-23-13-19-27-29(21-23)33-30-22-24(12-10-8-6-4-2)14-20-28(30)32(27)26-17-15-25(31)16-18-26/h13-22H,3-12H2,1-2H3. The Morgan fingerprint density at radius 3 is 1.64 bits per heavy atom. The van der Waals surface area contributed by atoms with E-state index in [1.54, 1.807) is 0 Å². The predicted molar refractivity (Wildman–Crippen MR) is 149 cm³/mol. The van der Waals surface area contributed by atoms with Gasteiger partial charge in [0.2, 0.25) is 0 Å². The Labute approximate surface area is 213 Å². The summed E-state index contributed by atoms with van der Waals surface area (Å²) in [7, 11) is 0. The molecular formula is C30H36BrNS. The molecule has 1 aliphatic heterocycles. The Bertz CT molecular complexity index is 982. The molecule has 0 fully saturated rings. The van der Waals surface area contributed by atoms with Gasteiger partial charge in [0.15, 0.2) is 0 Å². The molecule has 0 atom stereocenters. The highest BCUT2D eigenvalue weighted by atomic mass is 79.9. The van der Waals surface area contributed by atoms with Crippen LogP contribution in [0.3, 0.4) is 0 Å². The summed E-state index contributed by atoms with van der Waals surface area (Å²) in [5, 5.41) is 0. The fourth-order valence-corrected chi connectivity index (χ4v) is 6.04. The zero-order valence-electron chi connectivity index (χ0n) is 20.1. The fourth-order valence-electron chi connectivity index (χ4n) is 4.59. The fraction of sp³-hybridized carbons (Fsp3) is 0.400. The number of aryl methyl sites for hydroxylation is 2. The van der Waals surface area contributed by atoms with Crippen LogP contribution in [0, 0.1) is 0 Å². The van der Waals surface area contributed by atoms with Gasteiger partial charge < -0.3 is 4.90 Å². The van der Waals surface area contributed by atoms with Crippen LogP contribution in [0.1, 0.15) is 76.3 Å². The van der Waals surface area contributed by atoms with Crippen LogP contribution in [-0.4, -0.2) is 0 Å². The summed E-state index contributed by atoms with van der Waals surface area (Å²) in [6.45, 7) is 4.56. The van der Waals surface area contributed by atoms with Gasteiger partial charge in [0, 0.05) is 20.0 Å². The summed E-state index contributed by atoms with van der Waals surface area (Å²) in [6, 6.07) is 22.9. The molecule has 0 bridgehead atoms. The molecule has 0 saturated carbocycles. The first-order chi connectivity index (χ1) is 16.2. The zero-order chi connectivity index (χ0) is 23.0. The van der Waals surface area contributed by atoms with Gasteiger partial charge in [0.1, 0.15) is 0 Å². The maximum Gasteiger partial charge on any atom is 0.0601 e. The van der Waals surface area contributed by atoms with Crippen LogP contribution in [0.15, 0.2) is 74.9 Å². The van der Waals surface area contributed by atoms with Gasteiger partial charge in [-0.3, -0.25) is 0 Å². The number of fused-ring (bicyclic) bond motifs is 2. The molecule has 0 unspecified atom stereocenters. The number of rotatable bonds is 11. The maximum absolute atomic E-state index is 3.60. The quantitative estimate of drug-likeness (QED) is 0.180. The van der Waals surface area contributed by atoms with E-state index >= 15 is 0 Å². The summed E-state index contributed by atoms with van der Waals surface area (Å²) in [5.41, 5.74) is 6.73. The Balaban J connectivity index is 1.64. The van der Waals surface area contributed by atoms with E-state index in [4.69, 9.17) is 0 Å². The Morgan fingerprint density at radius 1 is 0.636 bits per heavy atom. The molecule has 3 aromatic rings. The number of hydrogen-bond donors (Lipinski definition) is 0. The third kappa shape index (κ3) is 6.25. The third-order valence-corrected chi connectivity index (χ3v) is 8.10. The van der Waals surface area contributed by atoms with Crippen LogP contribution < -0.4 is 4.90 Å². The first-order valence-electron chi connectivity index (χ1n) is 12.7. The first-order valence-corrected chi connectivity index (χ1v) is 14.3. The molecule has 0 aliphatic carbocycles. The number of hydrogen-bond acceptors (Lipinski definition) is 2. The number of anilines is 3. The molecule has 3 aromatic carbocycles. The van der Waals surface area contributed by atoms with E-state index in [2.05, 4.69) is 95.3 Å². The molecule has 0 spiro atoms. The molecule has 0 N–H and O–H groups in total. The molecule has 33 heavy (non-hydrogen) atoms. The van der Waals surface area contributed by atoms with Crippen LogP contribution in [-0.2, 0) is 12.8 Å². The van der Waals surface area contributed by atoms with Crippen molar-refractivity contribution in [2.75, 3.05) is 4.90 Å². The van der Waals surface area contributed by atoms with E-state index in [-0.39, 0.29) is 0 Å². The lowest BCUT2D eigenvalue weighted by atomic mass is 10.0. The van der Waals surface area contributed by atoms with Crippen LogP contribution in [0.25, 0.3) is 0 Å². The maximum atomic E-state index is 3.60. The number of halogens is 1. The normalized spacial score (nSPS) is 12.5. The topological polar surface area (TPSA) is 3.24 Å². The van der Waals surface area contributed by atoms with E-state index in [0.717, 1.165) is 4.47 Å². The summed E-state index contributed by atoms with van der Waals surface area (Å²) < 4.78 is 1.11. The van der Waals surface area contributed by atoms with Crippen molar-refractivity contribution in [2.24, 2.45) is 0 Å². The van der Waals surface area contributed by atoms with Gasteiger partial charge in [-0.2, -0.15) is 0 Å². The van der Waals surface area contributed by atoms with E-state index in [0.29, 0.717) is 0 Å². The van der Waals surface area contributed by atoms with Crippen molar-refractivity contribution in [1.29, 1.82) is 0 Å². The van der Waals surface area contributed by atoms with Gasteiger partial charge in [-0.15, -0.1) is 0 Å². The predicted octanol–water partition coefficient (Wildman–Crippen LogP) is 10.6. The Morgan fingerprint density at radius 2 is 1.15 bits per heavy atom. The highest BCUT2D eigenvalue weighted by molar-refractivity contribution is 9.10. The smallest absolute Gasteiger partial charge is 0.0601 e. The van der Waals surface area contributed by atoms with Gasteiger partial charge in [0.25, 0.3) is 0 Å². The molecule has 0 amide bonds. The minimum Gasteiger partial charge on any atom is -0.308 e. The highest BCUT2D eigenvalue weighted by Gasteiger charge is 2.25. The van der Waals surface area contributed by atoms with Gasteiger partial charge in [-0.25, -0.2) is 0 Å². The van der Waals surface area contributed by atoms with Crippen molar-refractivity contribution >= 4 is 44.8 Å². The highest BCUT2D eigenvalue weighted by Crippen LogP contribution is 2.52. The Hall–Kier alpha value is -1.71. The van der Waals surface area contributed by atoms with Crippen molar-refractivity contribution in [1.82, 2.24) is 0 Å². The van der Waals surface area contributed by atoms with E-state index in [9.17, 15) is 0 Å². The van der Waals surface area contributed by atoms with Gasteiger partial charge >= 0.3 is 0 Å². The van der Waals surface area contributed by atoms with E-state index in [1.165, 1.54) is 102 Å². The van der Waals surface area contributed by atoms with Crippen molar-refractivity contribution in [3.05, 3.63) is 76.3 Å². The minimum absolute atomic E-state index is 1.11. The number of nitrogens with zero attached hydrogens (tertiary/aromatic N) is 1. The molecule has 1 heterocycles. The van der Waals surface area contributed by atoms with Crippen LogP contribution in [0.4, 0.5) is 17.1 Å². The molecule has 1 aliphatic rings. The average Bonchev–Trinajstić information content (AvgIpc) is 2.83. The van der Waals surface area contributed by atoms with Crippen molar-refractivity contribution in [3.8, 4) is 0 Å². The van der Waals surface area contributed by atoms with Gasteiger partial charge in [-0.1, -0.05) is 92.2 Å².